The van der Waals surface area contributed by atoms with Crippen LogP contribution in [0.2, 0.25) is 0 Å². The van der Waals surface area contributed by atoms with Gasteiger partial charge in [-0.25, -0.2) is 13.4 Å². The van der Waals surface area contributed by atoms with Crippen LogP contribution in [0.15, 0.2) is 35.5 Å². The smallest absolute Gasteiger partial charge is 0.247 e. The van der Waals surface area contributed by atoms with E-state index in [1.54, 1.807) is 28.9 Å². The molecule has 0 spiro atoms. The van der Waals surface area contributed by atoms with E-state index in [4.69, 9.17) is 5.73 Å². The first kappa shape index (κ1) is 19.7. The van der Waals surface area contributed by atoms with Gasteiger partial charge < -0.3 is 10.6 Å². The lowest BCUT2D eigenvalue weighted by Crippen LogP contribution is -2.46. The van der Waals surface area contributed by atoms with E-state index in [2.05, 4.69) is 15.1 Å². The van der Waals surface area contributed by atoms with Crippen molar-refractivity contribution in [3.8, 4) is 0 Å². The van der Waals surface area contributed by atoms with Crippen LogP contribution in [-0.4, -0.2) is 71.3 Å². The van der Waals surface area contributed by atoms with Crippen molar-refractivity contribution >= 4 is 55.2 Å². The molecule has 160 valence electrons. The van der Waals surface area contributed by atoms with Crippen LogP contribution in [0.5, 0.6) is 0 Å². The van der Waals surface area contributed by atoms with Gasteiger partial charge in [0.25, 0.3) is 0 Å². The molecule has 2 aliphatic heterocycles. The topological polar surface area (TPSA) is 124 Å². The summed E-state index contributed by atoms with van der Waals surface area (Å²) in [5.74, 6) is 0.190. The highest BCUT2D eigenvalue weighted by atomic mass is 32.2. The van der Waals surface area contributed by atoms with Crippen LogP contribution in [0, 0.1) is 0 Å². The van der Waals surface area contributed by atoms with Gasteiger partial charge in [-0.2, -0.15) is 5.10 Å². The molecule has 0 radical (unpaired) electrons. The maximum Gasteiger partial charge on any atom is 0.247 e. The molecule has 4 heterocycles. The van der Waals surface area contributed by atoms with Crippen LogP contribution in [0.1, 0.15) is 18.5 Å². The highest BCUT2D eigenvalue weighted by Crippen LogP contribution is 2.30. The van der Waals surface area contributed by atoms with Gasteiger partial charge in [-0.1, -0.05) is 6.07 Å². The Morgan fingerprint density at radius 3 is 2.68 bits per heavy atom. The fourth-order valence-electron chi connectivity index (χ4n) is 4.03. The third-order valence-electron chi connectivity index (χ3n) is 5.93. The first-order chi connectivity index (χ1) is 14.8. The number of nitrogen functional groups attached to an aromatic ring is 1. The minimum Gasteiger partial charge on any atom is -0.383 e. The van der Waals surface area contributed by atoms with Gasteiger partial charge in [0.05, 0.1) is 29.0 Å². The number of hydrogen-bond donors (Lipinski definition) is 1. The van der Waals surface area contributed by atoms with Crippen LogP contribution < -0.4 is 5.73 Å². The predicted molar refractivity (Wildman–Crippen MR) is 121 cm³/mol. The van der Waals surface area contributed by atoms with E-state index in [0.29, 0.717) is 23.3 Å². The normalized spacial score (nSPS) is 19.1. The van der Waals surface area contributed by atoms with Crippen molar-refractivity contribution in [2.75, 3.05) is 36.9 Å². The molecule has 2 aromatic heterocycles. The van der Waals surface area contributed by atoms with Gasteiger partial charge in [0.1, 0.15) is 17.4 Å². The highest BCUT2D eigenvalue weighted by molar-refractivity contribution is 7.91. The average molecular weight is 439 g/mol. The summed E-state index contributed by atoms with van der Waals surface area (Å²) in [5, 5.41) is 6.21. The Labute approximate surface area is 179 Å². The monoisotopic (exact) mass is 438 g/mol. The molecule has 10 heteroatoms. The van der Waals surface area contributed by atoms with E-state index >= 15 is 0 Å². The maximum atomic E-state index is 12.9. The summed E-state index contributed by atoms with van der Waals surface area (Å²) in [5.41, 5.74) is 9.81. The third-order valence-corrected chi connectivity index (χ3v) is 7.53. The number of sulfone groups is 1. The Morgan fingerprint density at radius 1 is 1.19 bits per heavy atom. The van der Waals surface area contributed by atoms with E-state index in [9.17, 15) is 13.2 Å². The van der Waals surface area contributed by atoms with Gasteiger partial charge in [0, 0.05) is 30.9 Å². The number of aromatic nitrogens is 3. The van der Waals surface area contributed by atoms with Gasteiger partial charge in [-0.3, -0.25) is 14.5 Å². The summed E-state index contributed by atoms with van der Waals surface area (Å²) >= 11 is 0. The van der Waals surface area contributed by atoms with Crippen LogP contribution >= 0.6 is 0 Å². The first-order valence-electron chi connectivity index (χ1n) is 10.1. The Hall–Kier alpha value is -3.27. The van der Waals surface area contributed by atoms with Gasteiger partial charge >= 0.3 is 0 Å². The van der Waals surface area contributed by atoms with Crippen LogP contribution in [0.4, 0.5) is 5.82 Å². The summed E-state index contributed by atoms with van der Waals surface area (Å²) in [6.07, 6.45) is 5.51. The lowest BCUT2D eigenvalue weighted by atomic mass is 10.0. The molecule has 3 aromatic rings. The van der Waals surface area contributed by atoms with Gasteiger partial charge in [0.15, 0.2) is 9.84 Å². The van der Waals surface area contributed by atoms with Crippen molar-refractivity contribution < 1.29 is 13.2 Å². The lowest BCUT2D eigenvalue weighted by Gasteiger charge is -2.29. The molecule has 1 atom stereocenters. The van der Waals surface area contributed by atoms with Gasteiger partial charge in [0.2, 0.25) is 5.91 Å². The largest absolute Gasteiger partial charge is 0.383 e. The second-order valence-electron chi connectivity index (χ2n) is 7.94. The lowest BCUT2D eigenvalue weighted by molar-refractivity contribution is -0.134. The number of amides is 1. The minimum absolute atomic E-state index is 0.00213. The Morgan fingerprint density at radius 2 is 1.97 bits per heavy atom. The SMILES string of the molecule is CC(C(=O)N1CCS(=O)(=O)CC1)n1cc2c(N)nc3cc(C4=CC=NC4)ccc3c2n1. The molecule has 1 aromatic carbocycles. The average Bonchev–Trinajstić information content (AvgIpc) is 3.43. The van der Waals surface area contributed by atoms with Gasteiger partial charge in [-0.15, -0.1) is 0 Å². The van der Waals surface area contributed by atoms with E-state index in [1.165, 1.54) is 0 Å². The van der Waals surface area contributed by atoms with E-state index < -0.39 is 15.9 Å². The maximum absolute atomic E-state index is 12.9. The van der Waals surface area contributed by atoms with Crippen LogP contribution in [0.25, 0.3) is 27.4 Å². The molecule has 0 bridgehead atoms. The molecule has 1 saturated heterocycles. The minimum atomic E-state index is -3.05. The fraction of sp³-hybridized carbons (Fsp3) is 0.333. The number of pyridine rings is 1. The van der Waals surface area contributed by atoms with E-state index in [0.717, 1.165) is 22.0 Å². The molecular formula is C21H22N6O3S. The second kappa shape index (κ2) is 7.16. The fourth-order valence-corrected chi connectivity index (χ4v) is 5.24. The number of nitrogens with zero attached hydrogens (tertiary/aromatic N) is 5. The molecule has 1 fully saturated rings. The zero-order valence-electron chi connectivity index (χ0n) is 17.0. The van der Waals surface area contributed by atoms with Crippen LogP contribution in [-0.2, 0) is 14.6 Å². The van der Waals surface area contributed by atoms with Crippen molar-refractivity contribution in [1.29, 1.82) is 0 Å². The molecular weight excluding hydrogens is 416 g/mol. The molecule has 1 amide bonds. The number of nitrogens with two attached hydrogens (primary N) is 1. The quantitative estimate of drug-likeness (QED) is 0.660. The first-order valence-corrected chi connectivity index (χ1v) is 11.9. The Bertz CT molecular complexity index is 1380. The zero-order chi connectivity index (χ0) is 21.8. The number of hydrogen-bond acceptors (Lipinski definition) is 7. The summed E-state index contributed by atoms with van der Waals surface area (Å²) in [7, 11) is -3.05. The molecule has 0 saturated carbocycles. The number of carbonyl (C=O) groups excluding carboxylic acids is 1. The van der Waals surface area contributed by atoms with Crippen molar-refractivity contribution in [3.63, 3.8) is 0 Å². The van der Waals surface area contributed by atoms with Crippen LogP contribution in [0.3, 0.4) is 0 Å². The number of carbonyl (C=O) groups is 1. The number of aliphatic imine (C=N–C) groups is 1. The molecule has 31 heavy (non-hydrogen) atoms. The summed E-state index contributed by atoms with van der Waals surface area (Å²) < 4.78 is 24.9. The molecule has 0 aliphatic carbocycles. The second-order valence-corrected chi connectivity index (χ2v) is 10.2. The molecule has 1 unspecified atom stereocenters. The molecule has 9 nitrogen and oxygen atoms in total. The molecule has 2 N–H and O–H groups in total. The molecule has 5 rings (SSSR count). The van der Waals surface area contributed by atoms with Crippen molar-refractivity contribution in [3.05, 3.63) is 36.0 Å². The van der Waals surface area contributed by atoms with Crippen molar-refractivity contribution in [1.82, 2.24) is 19.7 Å². The summed E-state index contributed by atoms with van der Waals surface area (Å²) in [4.78, 5) is 23.3. The highest BCUT2D eigenvalue weighted by Gasteiger charge is 2.29. The van der Waals surface area contributed by atoms with Gasteiger partial charge in [-0.05, 0) is 36.3 Å². The molecule has 2 aliphatic rings. The number of allylic oxidation sites excluding steroid dienone is 1. The number of anilines is 1. The Balaban J connectivity index is 1.49. The van der Waals surface area contributed by atoms with Crippen molar-refractivity contribution in [2.24, 2.45) is 4.99 Å². The summed E-state index contributed by atoms with van der Waals surface area (Å²) in [6.45, 7) is 2.83. The number of fused-ring (bicyclic) bond motifs is 3. The van der Waals surface area contributed by atoms with Crippen molar-refractivity contribution in [2.45, 2.75) is 13.0 Å². The van der Waals surface area contributed by atoms with E-state index in [-0.39, 0.29) is 30.5 Å². The third kappa shape index (κ3) is 3.46. The number of rotatable bonds is 3. The number of benzene rings is 1. The Kier molecular flexibility index (Phi) is 4.54. The summed E-state index contributed by atoms with van der Waals surface area (Å²) in [6, 6.07) is 5.38. The van der Waals surface area contributed by atoms with E-state index in [1.807, 2.05) is 24.3 Å². The predicted octanol–water partition coefficient (Wildman–Crippen LogP) is 1.45. The zero-order valence-corrected chi connectivity index (χ0v) is 17.8. The standard InChI is InChI=1S/C21H22N6O3S/c1-13(21(28)26-6-8-31(29,30)9-7-26)27-12-17-19(25-27)16-3-2-14(15-4-5-23-11-15)10-18(16)24-20(17)22/h2-5,10,12-13H,6-9,11H2,1H3,(H2,22,24).